The smallest absolute Gasteiger partial charge is 0.301 e. The summed E-state index contributed by atoms with van der Waals surface area (Å²) in [5.41, 5.74) is 1.71. The molecular formula is C28H20Cl3N3O4S2. The van der Waals surface area contributed by atoms with Crippen molar-refractivity contribution in [1.29, 1.82) is 0 Å². The highest BCUT2D eigenvalue weighted by Gasteiger charge is 2.48. The van der Waals surface area contributed by atoms with E-state index in [1.165, 1.54) is 16.7 Å². The first-order chi connectivity index (χ1) is 19.3. The summed E-state index contributed by atoms with van der Waals surface area (Å²) in [6.45, 7) is 2.29. The van der Waals surface area contributed by atoms with Gasteiger partial charge in [-0.3, -0.25) is 14.5 Å². The third-order valence-electron chi connectivity index (χ3n) is 6.02. The minimum atomic E-state index is -0.965. The highest BCUT2D eigenvalue weighted by Crippen LogP contribution is 2.44. The van der Waals surface area contributed by atoms with Crippen molar-refractivity contribution >= 4 is 80.5 Å². The maximum atomic E-state index is 13.4. The Morgan fingerprint density at radius 2 is 1.77 bits per heavy atom. The second-order valence-electron chi connectivity index (χ2n) is 8.56. The number of anilines is 1. The Kier molecular flexibility index (Phi) is 8.68. The number of aliphatic hydroxyl groups excluding tert-OH is 1. The van der Waals surface area contributed by atoms with Crippen LogP contribution < -0.4 is 9.64 Å². The van der Waals surface area contributed by atoms with Crippen LogP contribution in [0.3, 0.4) is 0 Å². The molecule has 1 aromatic heterocycles. The van der Waals surface area contributed by atoms with E-state index in [1.807, 2.05) is 13.0 Å². The first kappa shape index (κ1) is 28.4. The van der Waals surface area contributed by atoms with Gasteiger partial charge in [-0.1, -0.05) is 76.1 Å². The zero-order valence-electron chi connectivity index (χ0n) is 20.8. The number of halogens is 3. The Balaban J connectivity index is 1.54. The highest BCUT2D eigenvalue weighted by atomic mass is 35.5. The van der Waals surface area contributed by atoms with Crippen LogP contribution in [-0.4, -0.2) is 33.6 Å². The molecule has 1 saturated heterocycles. The lowest BCUT2D eigenvalue weighted by Crippen LogP contribution is -2.29. The fourth-order valence-electron chi connectivity index (χ4n) is 4.19. The van der Waals surface area contributed by atoms with Gasteiger partial charge in [0.15, 0.2) is 4.34 Å². The monoisotopic (exact) mass is 631 g/mol. The molecule has 1 aliphatic rings. The van der Waals surface area contributed by atoms with Crippen LogP contribution in [0.2, 0.25) is 15.1 Å². The number of nitrogens with zero attached hydrogens (tertiary/aromatic N) is 3. The van der Waals surface area contributed by atoms with Crippen molar-refractivity contribution < 1.29 is 19.4 Å². The quantitative estimate of drug-likeness (QED) is 0.0696. The lowest BCUT2D eigenvalue weighted by atomic mass is 9.95. The summed E-state index contributed by atoms with van der Waals surface area (Å²) in [5, 5.41) is 21.5. The average molecular weight is 633 g/mol. The van der Waals surface area contributed by atoms with Gasteiger partial charge in [-0.2, -0.15) is 0 Å². The number of ether oxygens (including phenoxy) is 1. The van der Waals surface area contributed by atoms with Gasteiger partial charge in [0.1, 0.15) is 11.5 Å². The molecule has 40 heavy (non-hydrogen) atoms. The summed E-state index contributed by atoms with van der Waals surface area (Å²) in [4.78, 5) is 28.1. The second-order valence-corrected chi connectivity index (χ2v) is 12.0. The normalized spacial score (nSPS) is 16.5. The lowest BCUT2D eigenvalue weighted by Gasteiger charge is -2.23. The molecule has 1 fully saturated rings. The molecular weight excluding hydrogens is 613 g/mol. The average Bonchev–Trinajstić information content (AvgIpc) is 3.50. The number of thioether (sulfide) groups is 1. The van der Waals surface area contributed by atoms with Crippen molar-refractivity contribution in [3.63, 3.8) is 0 Å². The van der Waals surface area contributed by atoms with E-state index in [1.54, 1.807) is 60.7 Å². The third kappa shape index (κ3) is 5.84. The number of aliphatic hydroxyl groups is 1. The number of carbonyl (C=O) groups is 2. The molecule has 1 aliphatic heterocycles. The summed E-state index contributed by atoms with van der Waals surface area (Å²) in [7, 11) is 0. The van der Waals surface area contributed by atoms with Gasteiger partial charge in [0.25, 0.3) is 5.78 Å². The molecule has 1 amide bonds. The molecule has 204 valence electrons. The molecule has 0 radical (unpaired) electrons. The largest absolute Gasteiger partial charge is 0.507 e. The number of hydrogen-bond acceptors (Lipinski definition) is 8. The van der Waals surface area contributed by atoms with E-state index in [0.717, 1.165) is 16.9 Å². The van der Waals surface area contributed by atoms with Gasteiger partial charge in [0.05, 0.1) is 18.2 Å². The van der Waals surface area contributed by atoms with Crippen LogP contribution in [0.5, 0.6) is 5.75 Å². The van der Waals surface area contributed by atoms with Crippen LogP contribution in [-0.2, 0) is 15.3 Å². The van der Waals surface area contributed by atoms with E-state index in [9.17, 15) is 14.7 Å². The number of ketones is 1. The minimum Gasteiger partial charge on any atom is -0.507 e. The molecule has 0 bridgehead atoms. The van der Waals surface area contributed by atoms with Crippen LogP contribution in [0.25, 0.3) is 5.76 Å². The van der Waals surface area contributed by atoms with Gasteiger partial charge in [0, 0.05) is 26.4 Å². The topological polar surface area (TPSA) is 92.6 Å². The zero-order valence-corrected chi connectivity index (χ0v) is 24.7. The third-order valence-corrected chi connectivity index (χ3v) is 8.96. The van der Waals surface area contributed by atoms with E-state index >= 15 is 0 Å². The standard InChI is InChI=1S/C28H20Cl3N3O4S2/c1-2-38-20-5-3-4-16(12-20)23-22(24(35)15-6-9-18(29)10-7-15)25(36)26(37)34(23)27-32-33-28(40-27)39-14-17-8-11-19(30)13-21(17)31/h3-13,23,35H,2,14H2,1H3. The number of Topliss-reactive ketones (excluding diaryl/α,β-unsaturated/α-hetero) is 1. The molecule has 0 aliphatic carbocycles. The van der Waals surface area contributed by atoms with E-state index in [0.29, 0.717) is 48.6 Å². The lowest BCUT2D eigenvalue weighted by molar-refractivity contribution is -0.132. The predicted octanol–water partition coefficient (Wildman–Crippen LogP) is 7.82. The molecule has 7 nitrogen and oxygen atoms in total. The van der Waals surface area contributed by atoms with Gasteiger partial charge in [-0.05, 0) is 66.6 Å². The Labute approximate surface area is 253 Å². The van der Waals surface area contributed by atoms with E-state index in [-0.39, 0.29) is 16.5 Å². The van der Waals surface area contributed by atoms with Gasteiger partial charge >= 0.3 is 5.91 Å². The van der Waals surface area contributed by atoms with Gasteiger partial charge in [0.2, 0.25) is 5.13 Å². The highest BCUT2D eigenvalue weighted by molar-refractivity contribution is 8.00. The molecule has 5 rings (SSSR count). The molecule has 1 N–H and O–H groups in total. The van der Waals surface area contributed by atoms with E-state index in [4.69, 9.17) is 39.5 Å². The van der Waals surface area contributed by atoms with Crippen molar-refractivity contribution in [2.24, 2.45) is 0 Å². The summed E-state index contributed by atoms with van der Waals surface area (Å²) in [6, 6.07) is 17.7. The van der Waals surface area contributed by atoms with Crippen LogP contribution >= 0.6 is 57.9 Å². The van der Waals surface area contributed by atoms with Crippen molar-refractivity contribution in [2.75, 3.05) is 11.5 Å². The van der Waals surface area contributed by atoms with Crippen LogP contribution in [0.4, 0.5) is 5.13 Å². The zero-order chi connectivity index (χ0) is 28.4. The van der Waals surface area contributed by atoms with Crippen molar-refractivity contribution in [3.8, 4) is 5.75 Å². The molecule has 3 aromatic carbocycles. The summed E-state index contributed by atoms with van der Waals surface area (Å²) < 4.78 is 6.23. The molecule has 4 aromatic rings. The number of carbonyl (C=O) groups excluding carboxylic acids is 2. The molecule has 1 atom stereocenters. The predicted molar refractivity (Wildman–Crippen MR) is 160 cm³/mol. The summed E-state index contributed by atoms with van der Waals surface area (Å²) in [5.74, 6) is -0.918. The fourth-order valence-corrected chi connectivity index (χ4v) is 6.74. The first-order valence-corrected chi connectivity index (χ1v) is 14.9. The number of hydrogen-bond donors (Lipinski definition) is 1. The first-order valence-electron chi connectivity index (χ1n) is 12.0. The SMILES string of the molecule is CCOc1cccc(C2C(=C(O)c3ccc(Cl)cc3)C(=O)C(=O)N2c2nnc(SCc3ccc(Cl)cc3Cl)s2)c1. The van der Waals surface area contributed by atoms with Gasteiger partial charge in [-0.25, -0.2) is 0 Å². The molecule has 0 spiro atoms. The summed E-state index contributed by atoms with van der Waals surface area (Å²) >= 11 is 20.9. The van der Waals surface area contributed by atoms with Crippen LogP contribution in [0, 0.1) is 0 Å². The minimum absolute atomic E-state index is 0.0710. The van der Waals surface area contributed by atoms with Crippen LogP contribution in [0.1, 0.15) is 29.7 Å². The molecule has 12 heteroatoms. The number of rotatable bonds is 8. The van der Waals surface area contributed by atoms with Crippen LogP contribution in [0.15, 0.2) is 76.6 Å². The molecule has 2 heterocycles. The fraction of sp³-hybridized carbons (Fsp3) is 0.143. The molecule has 0 saturated carbocycles. The maximum absolute atomic E-state index is 13.4. The second kappa shape index (κ2) is 12.2. The Morgan fingerprint density at radius 3 is 2.50 bits per heavy atom. The summed E-state index contributed by atoms with van der Waals surface area (Å²) in [6.07, 6.45) is 0. The molecule has 1 unspecified atom stereocenters. The van der Waals surface area contributed by atoms with Gasteiger partial charge in [-0.15, -0.1) is 10.2 Å². The Morgan fingerprint density at radius 1 is 1.02 bits per heavy atom. The number of aromatic nitrogens is 2. The van der Waals surface area contributed by atoms with Crippen molar-refractivity contribution in [3.05, 3.63) is 104 Å². The van der Waals surface area contributed by atoms with E-state index in [2.05, 4.69) is 10.2 Å². The Hall–Kier alpha value is -3.08. The van der Waals surface area contributed by atoms with Crippen molar-refractivity contribution in [2.45, 2.75) is 23.1 Å². The Bertz CT molecular complexity index is 1630. The maximum Gasteiger partial charge on any atom is 0.301 e. The van der Waals surface area contributed by atoms with Crippen molar-refractivity contribution in [1.82, 2.24) is 10.2 Å². The van der Waals surface area contributed by atoms with Gasteiger partial charge < -0.3 is 9.84 Å². The van der Waals surface area contributed by atoms with E-state index < -0.39 is 17.7 Å². The number of amides is 1. The number of benzene rings is 3.